The van der Waals surface area contributed by atoms with Crippen LogP contribution in [0.4, 0.5) is 0 Å². The number of alkyl halides is 1. The van der Waals surface area contributed by atoms with Crippen molar-refractivity contribution in [3.05, 3.63) is 0 Å². The molecule has 1 fully saturated rings. The molecule has 0 bridgehead atoms. The Balaban J connectivity index is 0.000001000. The first kappa shape index (κ1) is 11.9. The molecule has 0 amide bonds. The fourth-order valence-electron chi connectivity index (χ4n) is 1.55. The van der Waals surface area contributed by atoms with Crippen LogP contribution in [0.15, 0.2) is 0 Å². The predicted octanol–water partition coefficient (Wildman–Crippen LogP) is 2.83. The summed E-state index contributed by atoms with van der Waals surface area (Å²) in [5.74, 6) is 0. The molecule has 1 rings (SSSR count). The minimum atomic E-state index is 0. The van der Waals surface area contributed by atoms with Crippen LogP contribution in [0.2, 0.25) is 0 Å². The van der Waals surface area contributed by atoms with E-state index in [9.17, 15) is 0 Å². The van der Waals surface area contributed by atoms with E-state index in [2.05, 4.69) is 34.9 Å². The maximum Gasteiger partial charge on any atom is 0.0147 e. The normalized spacial score (nSPS) is 31.6. The van der Waals surface area contributed by atoms with Gasteiger partial charge in [0.05, 0.1) is 0 Å². The average Bonchev–Trinajstić information content (AvgIpc) is 1.88. The van der Waals surface area contributed by atoms with Crippen molar-refractivity contribution in [1.82, 2.24) is 4.90 Å². The van der Waals surface area contributed by atoms with Crippen molar-refractivity contribution >= 4 is 32.9 Å². The van der Waals surface area contributed by atoms with Gasteiger partial charge in [0.1, 0.15) is 0 Å². The zero-order chi connectivity index (χ0) is 7.56. The number of rotatable bonds is 1. The Kier molecular flexibility index (Phi) is 6.01. The molecule has 0 radical (unpaired) electrons. The van der Waals surface area contributed by atoms with Gasteiger partial charge in [-0.1, -0.05) is 15.9 Å². The summed E-state index contributed by atoms with van der Waals surface area (Å²) in [6.07, 6.45) is 5.43. The summed E-state index contributed by atoms with van der Waals surface area (Å²) in [4.78, 5) is 3.14. The Labute approximate surface area is 88.4 Å². The van der Waals surface area contributed by atoms with Crippen molar-refractivity contribution in [3.63, 3.8) is 0 Å². The SMILES string of the molecule is Br.CN(C)C1CCC(Br)CC1. The van der Waals surface area contributed by atoms with Gasteiger partial charge in [0, 0.05) is 10.9 Å². The van der Waals surface area contributed by atoms with Crippen molar-refractivity contribution in [1.29, 1.82) is 0 Å². The lowest BCUT2D eigenvalue weighted by molar-refractivity contribution is 0.233. The van der Waals surface area contributed by atoms with Crippen LogP contribution in [0, 0.1) is 0 Å². The summed E-state index contributed by atoms with van der Waals surface area (Å²) in [5, 5.41) is 0. The quantitative estimate of drug-likeness (QED) is 0.670. The van der Waals surface area contributed by atoms with E-state index >= 15 is 0 Å². The minimum Gasteiger partial charge on any atom is -0.306 e. The molecule has 68 valence electrons. The molecule has 0 aromatic heterocycles. The zero-order valence-electron chi connectivity index (χ0n) is 7.22. The molecule has 1 nitrogen and oxygen atoms in total. The lowest BCUT2D eigenvalue weighted by Crippen LogP contribution is -2.32. The lowest BCUT2D eigenvalue weighted by atomic mass is 9.95. The van der Waals surface area contributed by atoms with Crippen molar-refractivity contribution < 1.29 is 0 Å². The molecule has 0 aromatic carbocycles. The smallest absolute Gasteiger partial charge is 0.0147 e. The summed E-state index contributed by atoms with van der Waals surface area (Å²) in [5.41, 5.74) is 0. The monoisotopic (exact) mass is 285 g/mol. The third-order valence-electron chi connectivity index (χ3n) is 2.36. The highest BCUT2D eigenvalue weighted by Gasteiger charge is 2.19. The molecule has 0 N–H and O–H groups in total. The molecule has 0 atom stereocenters. The molecule has 0 aliphatic heterocycles. The van der Waals surface area contributed by atoms with Gasteiger partial charge in [0.15, 0.2) is 0 Å². The van der Waals surface area contributed by atoms with E-state index in [0.717, 1.165) is 10.9 Å². The van der Waals surface area contributed by atoms with Crippen LogP contribution in [0.5, 0.6) is 0 Å². The molecule has 3 heteroatoms. The molecule has 0 spiro atoms. The van der Waals surface area contributed by atoms with Gasteiger partial charge in [-0.2, -0.15) is 0 Å². The van der Waals surface area contributed by atoms with E-state index < -0.39 is 0 Å². The molecule has 0 saturated heterocycles. The van der Waals surface area contributed by atoms with Gasteiger partial charge in [-0.3, -0.25) is 0 Å². The van der Waals surface area contributed by atoms with Crippen LogP contribution >= 0.6 is 32.9 Å². The van der Waals surface area contributed by atoms with E-state index in [4.69, 9.17) is 0 Å². The maximum absolute atomic E-state index is 3.65. The Bertz CT molecular complexity index is 98.3. The van der Waals surface area contributed by atoms with E-state index in [1.54, 1.807) is 0 Å². The van der Waals surface area contributed by atoms with Crippen molar-refractivity contribution in [2.24, 2.45) is 0 Å². The molecule has 0 unspecified atom stereocenters. The molecule has 1 saturated carbocycles. The van der Waals surface area contributed by atoms with Crippen LogP contribution in [0.3, 0.4) is 0 Å². The van der Waals surface area contributed by atoms with Gasteiger partial charge in [-0.15, -0.1) is 17.0 Å². The highest BCUT2D eigenvalue weighted by molar-refractivity contribution is 9.09. The standard InChI is InChI=1S/C8H16BrN.BrH/c1-10(2)8-5-3-7(9)4-6-8;/h7-8H,3-6H2,1-2H3;1H. The maximum atomic E-state index is 3.65. The van der Waals surface area contributed by atoms with Gasteiger partial charge >= 0.3 is 0 Å². The summed E-state index contributed by atoms with van der Waals surface area (Å²) in [7, 11) is 4.36. The largest absolute Gasteiger partial charge is 0.306 e. The topological polar surface area (TPSA) is 3.24 Å². The first-order chi connectivity index (χ1) is 4.70. The van der Waals surface area contributed by atoms with Crippen LogP contribution in [0.25, 0.3) is 0 Å². The Morgan fingerprint density at radius 2 is 1.55 bits per heavy atom. The molecule has 1 aliphatic carbocycles. The molecular weight excluding hydrogens is 270 g/mol. The highest BCUT2D eigenvalue weighted by atomic mass is 79.9. The Morgan fingerprint density at radius 1 is 1.09 bits per heavy atom. The highest BCUT2D eigenvalue weighted by Crippen LogP contribution is 2.26. The van der Waals surface area contributed by atoms with Gasteiger partial charge < -0.3 is 4.90 Å². The van der Waals surface area contributed by atoms with Crippen LogP contribution in [-0.2, 0) is 0 Å². The van der Waals surface area contributed by atoms with Crippen LogP contribution in [0.1, 0.15) is 25.7 Å². The third kappa shape index (κ3) is 3.90. The first-order valence-corrected chi connectivity index (χ1v) is 4.92. The van der Waals surface area contributed by atoms with Gasteiger partial charge in [-0.25, -0.2) is 0 Å². The summed E-state index contributed by atoms with van der Waals surface area (Å²) < 4.78 is 0. The Hall–Kier alpha value is 0.920. The fraction of sp³-hybridized carbons (Fsp3) is 1.00. The number of nitrogens with zero attached hydrogens (tertiary/aromatic N) is 1. The number of hydrogen-bond acceptors (Lipinski definition) is 1. The van der Waals surface area contributed by atoms with Crippen molar-refractivity contribution in [2.45, 2.75) is 36.6 Å². The number of halogens is 2. The minimum absolute atomic E-state index is 0. The fourth-order valence-corrected chi connectivity index (χ4v) is 2.08. The summed E-state index contributed by atoms with van der Waals surface area (Å²) in [6.45, 7) is 0. The molecule has 0 aromatic rings. The number of hydrogen-bond donors (Lipinski definition) is 0. The van der Waals surface area contributed by atoms with Gasteiger partial charge in [-0.05, 0) is 39.8 Å². The van der Waals surface area contributed by atoms with Crippen LogP contribution in [-0.4, -0.2) is 29.9 Å². The second kappa shape index (κ2) is 5.55. The summed E-state index contributed by atoms with van der Waals surface area (Å²) in [6, 6.07) is 0.841. The second-order valence-corrected chi connectivity index (χ2v) is 4.66. The summed E-state index contributed by atoms with van der Waals surface area (Å²) >= 11 is 3.65. The third-order valence-corrected chi connectivity index (χ3v) is 3.27. The first-order valence-electron chi connectivity index (χ1n) is 4.00. The van der Waals surface area contributed by atoms with Gasteiger partial charge in [0.25, 0.3) is 0 Å². The second-order valence-electron chi connectivity index (χ2n) is 3.37. The Morgan fingerprint density at radius 3 is 1.91 bits per heavy atom. The molecule has 0 heterocycles. The van der Waals surface area contributed by atoms with Crippen molar-refractivity contribution in [3.8, 4) is 0 Å². The molecule has 11 heavy (non-hydrogen) atoms. The van der Waals surface area contributed by atoms with Crippen molar-refractivity contribution in [2.75, 3.05) is 14.1 Å². The average molecular weight is 287 g/mol. The van der Waals surface area contributed by atoms with E-state index in [1.165, 1.54) is 25.7 Å². The van der Waals surface area contributed by atoms with E-state index in [-0.39, 0.29) is 17.0 Å². The van der Waals surface area contributed by atoms with Crippen LogP contribution < -0.4 is 0 Å². The lowest BCUT2D eigenvalue weighted by Gasteiger charge is -2.30. The van der Waals surface area contributed by atoms with E-state index in [1.807, 2.05) is 0 Å². The van der Waals surface area contributed by atoms with Gasteiger partial charge in [0.2, 0.25) is 0 Å². The molecule has 1 aliphatic rings. The van der Waals surface area contributed by atoms with E-state index in [0.29, 0.717) is 0 Å². The zero-order valence-corrected chi connectivity index (χ0v) is 10.5. The predicted molar refractivity (Wildman–Crippen MR) is 59.0 cm³/mol. The molecular formula is C8H17Br2N.